The molecule has 0 fully saturated rings. The number of rotatable bonds is 3. The Morgan fingerprint density at radius 3 is 2.71 bits per heavy atom. The summed E-state index contributed by atoms with van der Waals surface area (Å²) in [5.41, 5.74) is 0.966. The predicted octanol–water partition coefficient (Wildman–Crippen LogP) is 2.61. The highest BCUT2D eigenvalue weighted by Gasteiger charge is 2.18. The minimum atomic E-state index is -3.30. The van der Waals surface area contributed by atoms with Crippen LogP contribution in [0.15, 0.2) is 41.4 Å². The summed E-state index contributed by atoms with van der Waals surface area (Å²) in [5, 5.41) is 0. The van der Waals surface area contributed by atoms with Crippen LogP contribution in [-0.2, 0) is 9.84 Å². The van der Waals surface area contributed by atoms with Gasteiger partial charge in [-0.2, -0.15) is 0 Å². The first kappa shape index (κ1) is 11.9. The lowest BCUT2D eigenvalue weighted by Gasteiger charge is -2.04. The molecule has 0 bridgehead atoms. The van der Waals surface area contributed by atoms with Crippen molar-refractivity contribution in [2.75, 3.05) is 5.75 Å². The second kappa shape index (κ2) is 4.33. The van der Waals surface area contributed by atoms with Crippen LogP contribution >= 0.6 is 0 Å². The molecule has 3 nitrogen and oxygen atoms in total. The maximum atomic E-state index is 13.1. The summed E-state index contributed by atoms with van der Waals surface area (Å²) in [7, 11) is -3.30. The Kier molecular flexibility index (Phi) is 3.02. The molecule has 1 N–H and O–H groups in total. The highest BCUT2D eigenvalue weighted by atomic mass is 32.2. The van der Waals surface area contributed by atoms with Crippen LogP contribution < -0.4 is 0 Å². The van der Waals surface area contributed by atoms with E-state index in [1.165, 1.54) is 18.2 Å². The van der Waals surface area contributed by atoms with E-state index >= 15 is 0 Å². The first-order chi connectivity index (χ1) is 8.04. The van der Waals surface area contributed by atoms with Gasteiger partial charge in [-0.15, -0.1) is 0 Å². The third-order valence-electron chi connectivity index (χ3n) is 2.54. The molecule has 17 heavy (non-hydrogen) atoms. The van der Waals surface area contributed by atoms with E-state index in [1.807, 2.05) is 0 Å². The van der Waals surface area contributed by atoms with Crippen LogP contribution in [0, 0.1) is 5.82 Å². The normalized spacial score (nSPS) is 11.6. The van der Waals surface area contributed by atoms with Gasteiger partial charge in [-0.1, -0.05) is 19.1 Å². The Morgan fingerprint density at radius 2 is 2.06 bits per heavy atom. The van der Waals surface area contributed by atoms with Crippen molar-refractivity contribution in [2.24, 2.45) is 0 Å². The lowest BCUT2D eigenvalue weighted by Crippen LogP contribution is -2.04. The third-order valence-corrected chi connectivity index (χ3v) is 4.31. The number of nitrogens with one attached hydrogen (secondary N) is 1. The molecule has 0 amide bonds. The fraction of sp³-hybridized carbons (Fsp3) is 0.167. The Labute approximate surface area is 99.2 Å². The van der Waals surface area contributed by atoms with Crippen LogP contribution in [0.1, 0.15) is 6.92 Å². The van der Waals surface area contributed by atoms with Gasteiger partial charge in [0.1, 0.15) is 5.82 Å². The second-order valence-corrected chi connectivity index (χ2v) is 5.88. The minimum Gasteiger partial charge on any atom is -0.360 e. The van der Waals surface area contributed by atoms with Crippen LogP contribution in [0.3, 0.4) is 0 Å². The number of hydrogen-bond acceptors (Lipinski definition) is 2. The van der Waals surface area contributed by atoms with Crippen molar-refractivity contribution in [3.05, 3.63) is 42.3 Å². The molecule has 5 heteroatoms. The van der Waals surface area contributed by atoms with Crippen LogP contribution in [0.5, 0.6) is 0 Å². The van der Waals surface area contributed by atoms with Crippen molar-refractivity contribution in [3.63, 3.8) is 0 Å². The summed E-state index contributed by atoms with van der Waals surface area (Å²) in [4.78, 5) is 3.06. The van der Waals surface area contributed by atoms with Gasteiger partial charge in [0, 0.05) is 11.8 Å². The number of benzene rings is 1. The molecule has 0 radical (unpaired) electrons. The fourth-order valence-corrected chi connectivity index (χ4v) is 2.71. The molecule has 0 saturated heterocycles. The zero-order chi connectivity index (χ0) is 12.5. The zero-order valence-electron chi connectivity index (χ0n) is 9.27. The van der Waals surface area contributed by atoms with E-state index in [-0.39, 0.29) is 10.6 Å². The molecule has 2 rings (SSSR count). The maximum Gasteiger partial charge on any atom is 0.180 e. The van der Waals surface area contributed by atoms with Crippen molar-refractivity contribution in [2.45, 2.75) is 11.8 Å². The van der Waals surface area contributed by atoms with E-state index in [0.717, 1.165) is 0 Å². The number of H-pyrrole nitrogens is 1. The van der Waals surface area contributed by atoms with Crippen molar-refractivity contribution in [1.29, 1.82) is 0 Å². The first-order valence-electron chi connectivity index (χ1n) is 5.20. The van der Waals surface area contributed by atoms with Crippen molar-refractivity contribution >= 4 is 9.84 Å². The van der Waals surface area contributed by atoms with E-state index in [0.29, 0.717) is 11.3 Å². The molecule has 0 unspecified atom stereocenters. The molecular formula is C12H12FNO2S. The van der Waals surface area contributed by atoms with Crippen molar-refractivity contribution in [1.82, 2.24) is 4.98 Å². The summed E-state index contributed by atoms with van der Waals surface area (Å²) in [6.45, 7) is 1.58. The molecular weight excluding hydrogens is 241 g/mol. The van der Waals surface area contributed by atoms with Crippen LogP contribution in [0.2, 0.25) is 0 Å². The third kappa shape index (κ3) is 2.24. The van der Waals surface area contributed by atoms with E-state index in [1.54, 1.807) is 25.3 Å². The number of aromatic amines is 1. The molecule has 1 aromatic carbocycles. The van der Waals surface area contributed by atoms with Gasteiger partial charge in [-0.25, -0.2) is 12.8 Å². The minimum absolute atomic E-state index is 0.0210. The molecule has 0 atom stereocenters. The average molecular weight is 253 g/mol. The average Bonchev–Trinajstić information content (AvgIpc) is 2.78. The Bertz CT molecular complexity index is 631. The van der Waals surface area contributed by atoms with Gasteiger partial charge in [-0.05, 0) is 18.2 Å². The monoisotopic (exact) mass is 253 g/mol. The smallest absolute Gasteiger partial charge is 0.180 e. The Morgan fingerprint density at radius 1 is 1.29 bits per heavy atom. The summed E-state index contributed by atoms with van der Waals surface area (Å²) >= 11 is 0. The molecule has 0 aliphatic carbocycles. The van der Waals surface area contributed by atoms with E-state index in [4.69, 9.17) is 0 Å². The number of aromatic nitrogens is 1. The van der Waals surface area contributed by atoms with Crippen LogP contribution in [-0.4, -0.2) is 19.2 Å². The molecule has 0 spiro atoms. The Hall–Kier alpha value is -1.62. The summed E-state index contributed by atoms with van der Waals surface area (Å²) in [5.74, 6) is -0.371. The highest BCUT2D eigenvalue weighted by Crippen LogP contribution is 2.26. The van der Waals surface area contributed by atoms with Crippen molar-refractivity contribution in [3.8, 4) is 11.3 Å². The van der Waals surface area contributed by atoms with Gasteiger partial charge in [0.2, 0.25) is 0 Å². The molecule has 90 valence electrons. The summed E-state index contributed by atoms with van der Waals surface area (Å²) in [6.07, 6.45) is 1.54. The lowest BCUT2D eigenvalue weighted by atomic mass is 10.1. The zero-order valence-corrected chi connectivity index (χ0v) is 10.1. The van der Waals surface area contributed by atoms with E-state index in [2.05, 4.69) is 4.98 Å². The fourth-order valence-electron chi connectivity index (χ4n) is 1.64. The van der Waals surface area contributed by atoms with Gasteiger partial charge in [-0.3, -0.25) is 0 Å². The quantitative estimate of drug-likeness (QED) is 0.914. The molecule has 0 aliphatic rings. The SMILES string of the molecule is CCS(=O)(=O)c1cc[nH]c1-c1cccc(F)c1. The van der Waals surface area contributed by atoms with E-state index < -0.39 is 15.7 Å². The van der Waals surface area contributed by atoms with E-state index in [9.17, 15) is 12.8 Å². The maximum absolute atomic E-state index is 13.1. The van der Waals surface area contributed by atoms with Crippen LogP contribution in [0.4, 0.5) is 4.39 Å². The van der Waals surface area contributed by atoms with Crippen LogP contribution in [0.25, 0.3) is 11.3 Å². The Balaban J connectivity index is 2.59. The summed E-state index contributed by atoms with van der Waals surface area (Å²) in [6, 6.07) is 7.34. The first-order valence-corrected chi connectivity index (χ1v) is 6.86. The second-order valence-electron chi connectivity index (χ2n) is 3.63. The number of halogens is 1. The molecule has 0 aliphatic heterocycles. The number of hydrogen-bond donors (Lipinski definition) is 1. The van der Waals surface area contributed by atoms with Gasteiger partial charge in [0.15, 0.2) is 9.84 Å². The van der Waals surface area contributed by atoms with Crippen molar-refractivity contribution < 1.29 is 12.8 Å². The largest absolute Gasteiger partial charge is 0.360 e. The topological polar surface area (TPSA) is 49.9 Å². The molecule has 1 aromatic heterocycles. The molecule has 2 aromatic rings. The van der Waals surface area contributed by atoms with Gasteiger partial charge in [0.05, 0.1) is 16.3 Å². The number of sulfone groups is 1. The summed E-state index contributed by atoms with van der Waals surface area (Å²) < 4.78 is 36.8. The highest BCUT2D eigenvalue weighted by molar-refractivity contribution is 7.91. The predicted molar refractivity (Wildman–Crippen MR) is 63.9 cm³/mol. The van der Waals surface area contributed by atoms with Gasteiger partial charge >= 0.3 is 0 Å². The molecule has 0 saturated carbocycles. The standard InChI is InChI=1S/C12H12FNO2S/c1-2-17(15,16)11-6-7-14-12(11)9-4-3-5-10(13)8-9/h3-8,14H,2H2,1H3. The van der Waals surface area contributed by atoms with Gasteiger partial charge < -0.3 is 4.98 Å². The molecule has 1 heterocycles. The van der Waals surface area contributed by atoms with Gasteiger partial charge in [0.25, 0.3) is 0 Å². The lowest BCUT2D eigenvalue weighted by molar-refractivity contribution is 0.597.